The Balaban J connectivity index is 1.95. The van der Waals surface area contributed by atoms with E-state index in [9.17, 15) is 4.39 Å². The van der Waals surface area contributed by atoms with Crippen LogP contribution in [0.5, 0.6) is 5.75 Å². The highest BCUT2D eigenvalue weighted by atomic mass is 19.1. The third kappa shape index (κ3) is 4.12. The quantitative estimate of drug-likeness (QED) is 0.686. The van der Waals surface area contributed by atoms with E-state index < -0.39 is 0 Å². The van der Waals surface area contributed by atoms with Crippen LogP contribution < -0.4 is 10.1 Å². The minimum atomic E-state index is -0.321. The van der Waals surface area contributed by atoms with Gasteiger partial charge < -0.3 is 15.0 Å². The van der Waals surface area contributed by atoms with Crippen LogP contribution in [-0.4, -0.2) is 37.6 Å². The minimum Gasteiger partial charge on any atom is -0.491 e. The van der Waals surface area contributed by atoms with Crippen LogP contribution >= 0.6 is 0 Å². The highest BCUT2D eigenvalue weighted by Crippen LogP contribution is 2.28. The first-order valence-corrected chi connectivity index (χ1v) is 7.82. The molecular formula is C17H26FN3O. The van der Waals surface area contributed by atoms with Crippen LogP contribution in [0.4, 0.5) is 4.39 Å². The first kappa shape index (κ1) is 16.6. The van der Waals surface area contributed by atoms with E-state index in [0.29, 0.717) is 24.3 Å². The molecule has 1 heterocycles. The second-order valence-corrected chi connectivity index (χ2v) is 6.43. The molecule has 5 heteroatoms. The Bertz CT molecular complexity index is 543. The Morgan fingerprint density at radius 1 is 1.45 bits per heavy atom. The molecule has 0 aromatic heterocycles. The van der Waals surface area contributed by atoms with Gasteiger partial charge in [0.15, 0.2) is 17.5 Å². The van der Waals surface area contributed by atoms with Crippen molar-refractivity contribution in [3.8, 4) is 5.75 Å². The Morgan fingerprint density at radius 2 is 2.23 bits per heavy atom. The predicted molar refractivity (Wildman–Crippen MR) is 87.7 cm³/mol. The fraction of sp³-hybridized carbons (Fsp3) is 0.588. The van der Waals surface area contributed by atoms with Crippen molar-refractivity contribution < 1.29 is 9.13 Å². The lowest BCUT2D eigenvalue weighted by Gasteiger charge is -2.23. The molecule has 0 unspecified atom stereocenters. The van der Waals surface area contributed by atoms with Crippen molar-refractivity contribution in [3.63, 3.8) is 0 Å². The van der Waals surface area contributed by atoms with Crippen molar-refractivity contribution in [3.05, 3.63) is 29.6 Å². The summed E-state index contributed by atoms with van der Waals surface area (Å²) in [6.45, 7) is 9.38. The van der Waals surface area contributed by atoms with Crippen molar-refractivity contribution in [2.24, 2.45) is 10.4 Å². The molecule has 2 rings (SSSR count). The van der Waals surface area contributed by atoms with Gasteiger partial charge in [-0.25, -0.2) is 4.39 Å². The molecular weight excluding hydrogens is 281 g/mol. The summed E-state index contributed by atoms with van der Waals surface area (Å²) in [7, 11) is 1.78. The van der Waals surface area contributed by atoms with Gasteiger partial charge >= 0.3 is 0 Å². The average molecular weight is 307 g/mol. The summed E-state index contributed by atoms with van der Waals surface area (Å²) in [6, 6.07) is 5.07. The van der Waals surface area contributed by atoms with Gasteiger partial charge in [0.05, 0.1) is 6.61 Å². The zero-order chi connectivity index (χ0) is 16.2. The van der Waals surface area contributed by atoms with Crippen LogP contribution in [0, 0.1) is 11.2 Å². The topological polar surface area (TPSA) is 36.9 Å². The summed E-state index contributed by atoms with van der Waals surface area (Å²) in [5.41, 5.74) is 1.20. The fourth-order valence-corrected chi connectivity index (χ4v) is 2.73. The molecule has 0 spiro atoms. The molecule has 0 aliphatic carbocycles. The summed E-state index contributed by atoms with van der Waals surface area (Å²) in [5.74, 6) is 0.857. The lowest BCUT2D eigenvalue weighted by Crippen LogP contribution is -2.40. The largest absolute Gasteiger partial charge is 0.491 e. The number of hydrogen-bond donors (Lipinski definition) is 1. The molecule has 0 saturated carbocycles. The number of hydrogen-bond acceptors (Lipinski definition) is 2. The Morgan fingerprint density at radius 3 is 2.77 bits per heavy atom. The van der Waals surface area contributed by atoms with Crippen LogP contribution in [0.25, 0.3) is 0 Å². The third-order valence-corrected chi connectivity index (χ3v) is 3.94. The van der Waals surface area contributed by atoms with E-state index >= 15 is 0 Å². The maximum absolute atomic E-state index is 13.9. The van der Waals surface area contributed by atoms with Crippen LogP contribution in [0.3, 0.4) is 0 Å². The molecule has 0 bridgehead atoms. The van der Waals surface area contributed by atoms with Crippen molar-refractivity contribution in [2.45, 2.75) is 33.7 Å². The Kier molecular flexibility index (Phi) is 5.27. The average Bonchev–Trinajstić information content (AvgIpc) is 2.83. The van der Waals surface area contributed by atoms with E-state index in [1.807, 2.05) is 13.0 Å². The summed E-state index contributed by atoms with van der Waals surface area (Å²) >= 11 is 0. The summed E-state index contributed by atoms with van der Waals surface area (Å²) in [6.07, 6.45) is 1.16. The molecule has 1 aliphatic rings. The van der Waals surface area contributed by atoms with Crippen molar-refractivity contribution in [1.29, 1.82) is 0 Å². The second kappa shape index (κ2) is 6.99. The number of halogens is 1. The number of ether oxygens (including phenoxy) is 1. The smallest absolute Gasteiger partial charge is 0.193 e. The number of aliphatic imine (C=N–C) groups is 1. The van der Waals surface area contributed by atoms with Crippen molar-refractivity contribution in [1.82, 2.24) is 10.2 Å². The van der Waals surface area contributed by atoms with Gasteiger partial charge in [-0.15, -0.1) is 0 Å². The van der Waals surface area contributed by atoms with Crippen LogP contribution in [0.15, 0.2) is 23.2 Å². The van der Waals surface area contributed by atoms with E-state index in [2.05, 4.69) is 29.1 Å². The molecule has 1 aromatic rings. The van der Waals surface area contributed by atoms with Crippen molar-refractivity contribution in [2.75, 3.05) is 26.7 Å². The lowest BCUT2D eigenvalue weighted by molar-refractivity contribution is 0.321. The zero-order valence-electron chi connectivity index (χ0n) is 13.9. The van der Waals surface area contributed by atoms with E-state index in [1.54, 1.807) is 13.1 Å². The highest BCUT2D eigenvalue weighted by molar-refractivity contribution is 5.80. The van der Waals surface area contributed by atoms with Gasteiger partial charge in [0.1, 0.15) is 0 Å². The predicted octanol–water partition coefficient (Wildman–Crippen LogP) is 3.03. The summed E-state index contributed by atoms with van der Waals surface area (Å²) in [5, 5.41) is 3.31. The maximum Gasteiger partial charge on any atom is 0.193 e. The third-order valence-electron chi connectivity index (χ3n) is 3.94. The van der Waals surface area contributed by atoms with E-state index in [1.165, 1.54) is 6.07 Å². The molecule has 1 aromatic carbocycles. The normalized spacial score (nSPS) is 17.7. The molecule has 22 heavy (non-hydrogen) atoms. The van der Waals surface area contributed by atoms with Gasteiger partial charge in [-0.3, -0.25) is 4.99 Å². The Hall–Kier alpha value is -1.78. The fourth-order valence-electron chi connectivity index (χ4n) is 2.73. The summed E-state index contributed by atoms with van der Waals surface area (Å²) in [4.78, 5) is 6.59. The van der Waals surface area contributed by atoms with Gasteiger partial charge in [0, 0.05) is 26.7 Å². The summed E-state index contributed by atoms with van der Waals surface area (Å²) < 4.78 is 19.1. The second-order valence-electron chi connectivity index (χ2n) is 6.43. The molecule has 0 radical (unpaired) electrons. The van der Waals surface area contributed by atoms with Crippen LogP contribution in [0.1, 0.15) is 32.8 Å². The monoisotopic (exact) mass is 307 g/mol. The van der Waals surface area contributed by atoms with E-state index in [4.69, 9.17) is 4.74 Å². The highest BCUT2D eigenvalue weighted by Gasteiger charge is 2.30. The number of likely N-dealkylation sites (tertiary alicyclic amines) is 1. The van der Waals surface area contributed by atoms with Crippen LogP contribution in [0.2, 0.25) is 0 Å². The first-order chi connectivity index (χ1) is 10.4. The van der Waals surface area contributed by atoms with Crippen LogP contribution in [-0.2, 0) is 6.54 Å². The number of nitrogens with zero attached hydrogens (tertiary/aromatic N) is 2. The van der Waals surface area contributed by atoms with E-state index in [-0.39, 0.29) is 5.82 Å². The van der Waals surface area contributed by atoms with Gasteiger partial charge in [-0.2, -0.15) is 0 Å². The SMILES string of the molecule is CCOc1ccc(CNC(=NC)N2CCC(C)(C)C2)cc1F. The van der Waals surface area contributed by atoms with Gasteiger partial charge in [-0.1, -0.05) is 19.9 Å². The molecule has 0 atom stereocenters. The number of guanidine groups is 1. The zero-order valence-corrected chi connectivity index (χ0v) is 13.9. The lowest BCUT2D eigenvalue weighted by atomic mass is 9.93. The maximum atomic E-state index is 13.9. The van der Waals surface area contributed by atoms with Crippen molar-refractivity contribution >= 4 is 5.96 Å². The number of rotatable bonds is 4. The first-order valence-electron chi connectivity index (χ1n) is 7.82. The van der Waals surface area contributed by atoms with Gasteiger partial charge in [-0.05, 0) is 36.5 Å². The number of nitrogens with one attached hydrogen (secondary N) is 1. The minimum absolute atomic E-state index is 0.303. The van der Waals surface area contributed by atoms with E-state index in [0.717, 1.165) is 31.0 Å². The molecule has 0 amide bonds. The number of benzene rings is 1. The molecule has 1 fully saturated rings. The van der Waals surface area contributed by atoms with Gasteiger partial charge in [0.25, 0.3) is 0 Å². The molecule has 122 valence electrons. The molecule has 1 saturated heterocycles. The molecule has 1 aliphatic heterocycles. The molecule has 4 nitrogen and oxygen atoms in total. The molecule has 1 N–H and O–H groups in total. The Labute approximate surface area is 132 Å². The standard InChI is InChI=1S/C17H26FN3O/c1-5-22-15-7-6-13(10-14(15)18)11-20-16(19-4)21-9-8-17(2,3)12-21/h6-7,10H,5,8-9,11-12H2,1-4H3,(H,19,20). The van der Waals surface area contributed by atoms with Gasteiger partial charge in [0.2, 0.25) is 0 Å².